The molecule has 0 aliphatic rings. The van der Waals surface area contributed by atoms with Crippen molar-refractivity contribution in [2.75, 3.05) is 13.2 Å². The Bertz CT molecular complexity index is 724. The summed E-state index contributed by atoms with van der Waals surface area (Å²) in [4.78, 5) is 20.2. The fourth-order valence-corrected chi connectivity index (χ4v) is 2.28. The van der Waals surface area contributed by atoms with Crippen molar-refractivity contribution in [2.24, 2.45) is 0 Å². The van der Waals surface area contributed by atoms with E-state index in [2.05, 4.69) is 0 Å². The maximum Gasteiger partial charge on any atom is 2.00 e. The van der Waals surface area contributed by atoms with Crippen molar-refractivity contribution >= 4 is 58.2 Å². The van der Waals surface area contributed by atoms with Crippen LogP contribution >= 0.6 is 23.2 Å². The number of hydrogen-bond acceptors (Lipinski definition) is 10. The van der Waals surface area contributed by atoms with Crippen LogP contribution in [0.1, 0.15) is 11.1 Å². The average Bonchev–Trinajstić information content (AvgIpc) is 2.53. The number of carboxylic acids is 2. The van der Waals surface area contributed by atoms with Crippen LogP contribution in [0.2, 0.25) is 10.0 Å². The first kappa shape index (κ1) is 39.6. The van der Waals surface area contributed by atoms with Crippen molar-refractivity contribution in [1.29, 1.82) is 0 Å². The molecule has 10 nitrogen and oxygen atoms in total. The third-order valence-corrected chi connectivity index (χ3v) is 3.44. The molecule has 2 rings (SSSR count). The van der Waals surface area contributed by atoms with Crippen molar-refractivity contribution in [3.63, 3.8) is 0 Å². The smallest absolute Gasteiger partial charge is 0.870 e. The number of halogens is 2. The fourth-order valence-electron chi connectivity index (χ4n) is 1.82. The summed E-state index contributed by atoms with van der Waals surface area (Å²) in [6.45, 7) is 2.69. The fraction of sp³-hybridized carbons (Fsp3) is 0.222. The van der Waals surface area contributed by atoms with Gasteiger partial charge in [-0.15, -0.1) is 0 Å². The summed E-state index contributed by atoms with van der Waals surface area (Å²) in [7, 11) is 0. The second-order valence-corrected chi connectivity index (χ2v) is 6.01. The van der Waals surface area contributed by atoms with Gasteiger partial charge in [-0.05, 0) is 61.4 Å². The Hall–Kier alpha value is -1.83. The molecule has 0 aliphatic carbocycles. The molecule has 4 N–H and O–H groups in total. The van der Waals surface area contributed by atoms with Crippen LogP contribution in [0.25, 0.3) is 0 Å². The third-order valence-electron chi connectivity index (χ3n) is 2.97. The van der Waals surface area contributed by atoms with Crippen LogP contribution in [0.4, 0.5) is 0 Å². The number of carbonyl (C=O) groups is 2. The Morgan fingerprint density at radius 3 is 1.26 bits per heavy atom. The Morgan fingerprint density at radius 1 is 0.742 bits per heavy atom. The second-order valence-electron chi connectivity index (χ2n) is 5.14. The third kappa shape index (κ3) is 16.5. The molecule has 0 aliphatic heterocycles. The van der Waals surface area contributed by atoms with Gasteiger partial charge in [0, 0.05) is 10.0 Å². The van der Waals surface area contributed by atoms with Crippen molar-refractivity contribution in [1.82, 2.24) is 0 Å². The summed E-state index contributed by atoms with van der Waals surface area (Å²) in [5, 5.41) is 21.4. The van der Waals surface area contributed by atoms with E-state index in [1.54, 1.807) is 50.2 Å². The Morgan fingerprint density at radius 2 is 1.03 bits per heavy atom. The first-order valence-corrected chi connectivity index (χ1v) is 8.12. The quantitative estimate of drug-likeness (QED) is 0.508. The van der Waals surface area contributed by atoms with Gasteiger partial charge in [-0.3, -0.25) is 0 Å². The zero-order valence-corrected chi connectivity index (χ0v) is 19.5. The predicted octanol–water partition coefficient (Wildman–Crippen LogP) is 0.466. The van der Waals surface area contributed by atoms with Gasteiger partial charge in [-0.2, -0.15) is 0 Å². The Kier molecular flexibility index (Phi) is 25.7. The minimum Gasteiger partial charge on any atom is -0.870 e. The number of ether oxygens (including phenoxy) is 2. The van der Waals surface area contributed by atoms with Crippen LogP contribution < -0.4 is 19.7 Å². The van der Waals surface area contributed by atoms with E-state index in [-0.39, 0.29) is 45.0 Å². The number of benzene rings is 2. The molecular weight excluding hydrogens is 471 g/mol. The van der Waals surface area contributed by atoms with E-state index in [1.165, 1.54) is 0 Å². The van der Waals surface area contributed by atoms with Crippen molar-refractivity contribution in [2.45, 2.75) is 13.8 Å². The molecule has 0 saturated carbocycles. The molecule has 2 aromatic carbocycles. The van der Waals surface area contributed by atoms with Gasteiger partial charge in [0.25, 0.3) is 0 Å². The average molecular weight is 492 g/mol. The van der Waals surface area contributed by atoms with Crippen molar-refractivity contribution in [3.05, 3.63) is 57.6 Å². The molecular formula is C18H20Cl2MgO10-4. The minimum atomic E-state index is -1.24. The molecule has 0 spiro atoms. The Labute approximate surface area is 205 Å². The van der Waals surface area contributed by atoms with Gasteiger partial charge in [0.05, 0.1) is 11.9 Å². The Balaban J connectivity index is -0.000000125. The topological polar surface area (TPSA) is 219 Å². The van der Waals surface area contributed by atoms with Crippen LogP contribution in [-0.2, 0) is 9.59 Å². The van der Waals surface area contributed by atoms with E-state index in [1.807, 2.05) is 0 Å². The van der Waals surface area contributed by atoms with Gasteiger partial charge in [0.2, 0.25) is 0 Å². The molecule has 0 bridgehead atoms. The van der Waals surface area contributed by atoms with Gasteiger partial charge >= 0.3 is 23.1 Å². The summed E-state index contributed by atoms with van der Waals surface area (Å²) < 4.78 is 9.87. The number of aliphatic carboxylic acids is 2. The second kappa shape index (κ2) is 20.1. The van der Waals surface area contributed by atoms with Crippen LogP contribution in [0.5, 0.6) is 11.5 Å². The SMILES string of the molecule is Cc1cc(Cl)ccc1OCC(=O)[O-].Cc1cc(Cl)ccc1OCC(=O)[O-].[Mg+2].[OH-].[OH-].[OH-].[OH-]. The normalized spacial score (nSPS) is 8.13. The number of rotatable bonds is 6. The van der Waals surface area contributed by atoms with Crippen molar-refractivity contribution in [3.8, 4) is 11.5 Å². The first-order chi connectivity index (χ1) is 12.2. The minimum absolute atomic E-state index is 0. The van der Waals surface area contributed by atoms with E-state index in [4.69, 9.17) is 32.7 Å². The molecule has 13 heteroatoms. The maximum atomic E-state index is 10.1. The molecule has 0 heterocycles. The zero-order chi connectivity index (χ0) is 19.7. The monoisotopic (exact) mass is 490 g/mol. The van der Waals surface area contributed by atoms with Crippen LogP contribution in [-0.4, -0.2) is 70.1 Å². The standard InChI is InChI=1S/2C9H9ClO3.Mg.4H2O/c2*1-6-4-7(10)2-3-8(6)13-5-9(11)12;;;;;/h2*2-4H,5H2,1H3,(H,11,12);;4*1H2/q;;+2;;;;/p-6. The molecule has 0 aromatic heterocycles. The van der Waals surface area contributed by atoms with E-state index in [0.29, 0.717) is 21.5 Å². The molecule has 0 fully saturated rings. The maximum absolute atomic E-state index is 10.1. The largest absolute Gasteiger partial charge is 2.00 e. The van der Waals surface area contributed by atoms with Crippen LogP contribution in [0.15, 0.2) is 36.4 Å². The molecule has 0 amide bonds. The van der Waals surface area contributed by atoms with Crippen molar-refractivity contribution < 1.29 is 51.2 Å². The van der Waals surface area contributed by atoms with Gasteiger partial charge in [0.15, 0.2) is 0 Å². The molecule has 0 unspecified atom stereocenters. The molecule has 172 valence electrons. The molecule has 0 atom stereocenters. The van der Waals surface area contributed by atoms with Gasteiger partial charge in [-0.1, -0.05) is 23.2 Å². The number of aryl methyl sites for hydroxylation is 2. The van der Waals surface area contributed by atoms with E-state index >= 15 is 0 Å². The summed E-state index contributed by atoms with van der Waals surface area (Å²) >= 11 is 11.4. The summed E-state index contributed by atoms with van der Waals surface area (Å²) in [5.74, 6) is -1.47. The summed E-state index contributed by atoms with van der Waals surface area (Å²) in [6, 6.07) is 9.93. The van der Waals surface area contributed by atoms with Gasteiger partial charge < -0.3 is 51.2 Å². The number of carboxylic acid groups (broad SMARTS) is 2. The van der Waals surface area contributed by atoms with Gasteiger partial charge in [0.1, 0.15) is 24.7 Å². The summed E-state index contributed by atoms with van der Waals surface area (Å²) in [5.41, 5.74) is 1.60. The predicted molar refractivity (Wildman–Crippen MR) is 107 cm³/mol. The van der Waals surface area contributed by atoms with Gasteiger partial charge in [-0.25, -0.2) is 0 Å². The summed E-state index contributed by atoms with van der Waals surface area (Å²) in [6.07, 6.45) is 0. The molecule has 2 aromatic rings. The van der Waals surface area contributed by atoms with E-state index < -0.39 is 25.2 Å². The first-order valence-electron chi connectivity index (χ1n) is 7.36. The number of carbonyl (C=O) groups excluding carboxylic acids is 2. The zero-order valence-electron chi connectivity index (χ0n) is 16.6. The van der Waals surface area contributed by atoms with E-state index in [9.17, 15) is 19.8 Å². The molecule has 0 saturated heterocycles. The van der Waals surface area contributed by atoms with Crippen LogP contribution in [0, 0.1) is 13.8 Å². The number of hydrogen-bond donors (Lipinski definition) is 0. The molecule has 0 radical (unpaired) electrons. The molecule has 31 heavy (non-hydrogen) atoms. The van der Waals surface area contributed by atoms with Crippen LogP contribution in [0.3, 0.4) is 0 Å². The van der Waals surface area contributed by atoms with E-state index in [0.717, 1.165) is 11.1 Å².